The summed E-state index contributed by atoms with van der Waals surface area (Å²) in [5.41, 5.74) is 3.02. The first-order chi connectivity index (χ1) is 13.5. The van der Waals surface area contributed by atoms with E-state index in [1.54, 1.807) is 44.4 Å². The fourth-order valence-corrected chi connectivity index (χ4v) is 3.04. The van der Waals surface area contributed by atoms with Crippen LogP contribution in [-0.2, 0) is 0 Å². The summed E-state index contributed by atoms with van der Waals surface area (Å²) in [6.45, 7) is 1.80. The number of ether oxygens (including phenoxy) is 1. The highest BCUT2D eigenvalue weighted by Gasteiger charge is 2.24. The van der Waals surface area contributed by atoms with Crippen LogP contribution in [0.15, 0.2) is 48.5 Å². The number of fused-ring (bicyclic) bond motifs is 1. The summed E-state index contributed by atoms with van der Waals surface area (Å²) >= 11 is 0. The minimum atomic E-state index is -0.269. The molecule has 1 saturated carbocycles. The van der Waals surface area contributed by atoms with Crippen LogP contribution >= 0.6 is 0 Å². The first-order valence-corrected chi connectivity index (χ1v) is 9.21. The standard InChI is InChI=1S/C22H21N3O3/c1-13-19(12-15-11-18(28-2)8-9-20(15)23-13)22(27)25-17-5-3-4-14(10-17)21(26)24-16-6-7-16/h3-5,8-12,16H,6-7H2,1-2H3,(H,24,26)(H,25,27). The van der Waals surface area contributed by atoms with E-state index in [0.29, 0.717) is 28.3 Å². The zero-order chi connectivity index (χ0) is 19.7. The Labute approximate surface area is 162 Å². The fraction of sp³-hybridized carbons (Fsp3) is 0.227. The van der Waals surface area contributed by atoms with Crippen LogP contribution in [0.25, 0.3) is 10.9 Å². The lowest BCUT2D eigenvalue weighted by Gasteiger charge is -2.11. The quantitative estimate of drug-likeness (QED) is 0.713. The van der Waals surface area contributed by atoms with Gasteiger partial charge in [-0.2, -0.15) is 0 Å². The number of carbonyl (C=O) groups is 2. The Morgan fingerprint density at radius 2 is 1.89 bits per heavy atom. The van der Waals surface area contributed by atoms with Crippen molar-refractivity contribution in [2.24, 2.45) is 0 Å². The highest BCUT2D eigenvalue weighted by Crippen LogP contribution is 2.23. The van der Waals surface area contributed by atoms with Crippen molar-refractivity contribution in [3.8, 4) is 5.75 Å². The van der Waals surface area contributed by atoms with Gasteiger partial charge in [-0.25, -0.2) is 0 Å². The molecule has 6 heteroatoms. The van der Waals surface area contributed by atoms with E-state index in [1.165, 1.54) is 0 Å². The molecule has 2 amide bonds. The first kappa shape index (κ1) is 18.0. The van der Waals surface area contributed by atoms with Crippen molar-refractivity contribution in [2.75, 3.05) is 12.4 Å². The molecule has 0 spiro atoms. The topological polar surface area (TPSA) is 80.3 Å². The second-order valence-corrected chi connectivity index (χ2v) is 6.96. The zero-order valence-corrected chi connectivity index (χ0v) is 15.8. The molecule has 3 aromatic rings. The molecule has 6 nitrogen and oxygen atoms in total. The van der Waals surface area contributed by atoms with Gasteiger partial charge in [0.15, 0.2) is 0 Å². The third-order valence-electron chi connectivity index (χ3n) is 4.75. The summed E-state index contributed by atoms with van der Waals surface area (Å²) in [6, 6.07) is 14.6. The number of hydrogen-bond acceptors (Lipinski definition) is 4. The maximum absolute atomic E-state index is 12.8. The molecule has 28 heavy (non-hydrogen) atoms. The Kier molecular flexibility index (Phi) is 4.69. The molecule has 2 N–H and O–H groups in total. The molecule has 1 aliphatic carbocycles. The molecule has 0 unspecified atom stereocenters. The molecule has 0 atom stereocenters. The number of carbonyl (C=O) groups excluding carboxylic acids is 2. The smallest absolute Gasteiger partial charge is 0.257 e. The lowest BCUT2D eigenvalue weighted by molar-refractivity contribution is 0.0949. The first-order valence-electron chi connectivity index (χ1n) is 9.21. The van der Waals surface area contributed by atoms with Gasteiger partial charge >= 0.3 is 0 Å². The molecule has 1 fully saturated rings. The predicted molar refractivity (Wildman–Crippen MR) is 108 cm³/mol. The molecular formula is C22H21N3O3. The Morgan fingerprint density at radius 1 is 1.07 bits per heavy atom. The number of nitrogens with one attached hydrogen (secondary N) is 2. The molecule has 0 radical (unpaired) electrons. The van der Waals surface area contributed by atoms with Gasteiger partial charge < -0.3 is 15.4 Å². The SMILES string of the molecule is COc1ccc2nc(C)c(C(=O)Nc3cccc(C(=O)NC4CC4)c3)cc2c1. The minimum Gasteiger partial charge on any atom is -0.497 e. The van der Waals surface area contributed by atoms with Crippen LogP contribution in [0.5, 0.6) is 5.75 Å². The van der Waals surface area contributed by atoms with Crippen LogP contribution in [-0.4, -0.2) is 29.9 Å². The van der Waals surface area contributed by atoms with Gasteiger partial charge in [0.05, 0.1) is 23.9 Å². The molecule has 142 valence electrons. The van der Waals surface area contributed by atoms with Crippen molar-refractivity contribution in [1.82, 2.24) is 10.3 Å². The summed E-state index contributed by atoms with van der Waals surface area (Å²) in [7, 11) is 1.60. The third-order valence-corrected chi connectivity index (χ3v) is 4.75. The van der Waals surface area contributed by atoms with Crippen molar-refractivity contribution in [1.29, 1.82) is 0 Å². The summed E-state index contributed by atoms with van der Waals surface area (Å²) in [5, 5.41) is 6.64. The van der Waals surface area contributed by atoms with E-state index < -0.39 is 0 Å². The number of aromatic nitrogens is 1. The number of methoxy groups -OCH3 is 1. The highest BCUT2D eigenvalue weighted by atomic mass is 16.5. The number of aryl methyl sites for hydroxylation is 1. The predicted octanol–water partition coefficient (Wildman–Crippen LogP) is 3.70. The normalized spacial score (nSPS) is 13.2. The largest absolute Gasteiger partial charge is 0.497 e. The second-order valence-electron chi connectivity index (χ2n) is 6.96. The van der Waals surface area contributed by atoms with Gasteiger partial charge in [0.2, 0.25) is 0 Å². The van der Waals surface area contributed by atoms with E-state index in [-0.39, 0.29) is 17.9 Å². The molecule has 0 aliphatic heterocycles. The van der Waals surface area contributed by atoms with Gasteiger partial charge in [0.1, 0.15) is 5.75 Å². The van der Waals surface area contributed by atoms with Crippen molar-refractivity contribution >= 4 is 28.4 Å². The van der Waals surface area contributed by atoms with Crippen LogP contribution in [0.1, 0.15) is 39.3 Å². The van der Waals surface area contributed by atoms with E-state index in [9.17, 15) is 9.59 Å². The maximum atomic E-state index is 12.8. The zero-order valence-electron chi connectivity index (χ0n) is 15.8. The number of pyridine rings is 1. The molecule has 1 heterocycles. The van der Waals surface area contributed by atoms with E-state index in [1.807, 2.05) is 18.2 Å². The van der Waals surface area contributed by atoms with E-state index in [0.717, 1.165) is 23.7 Å². The number of amides is 2. The number of hydrogen-bond donors (Lipinski definition) is 2. The minimum absolute atomic E-state index is 0.116. The molecule has 0 bridgehead atoms. The molecule has 0 saturated heterocycles. The summed E-state index contributed by atoms with van der Waals surface area (Å²) < 4.78 is 5.25. The Morgan fingerprint density at radius 3 is 2.64 bits per heavy atom. The number of anilines is 1. The van der Waals surface area contributed by atoms with Gasteiger partial charge in [-0.1, -0.05) is 6.07 Å². The second kappa shape index (κ2) is 7.31. The van der Waals surface area contributed by atoms with Crippen molar-refractivity contribution in [2.45, 2.75) is 25.8 Å². The summed E-state index contributed by atoms with van der Waals surface area (Å²) in [6.07, 6.45) is 2.06. The van der Waals surface area contributed by atoms with Gasteiger partial charge in [0, 0.05) is 22.7 Å². The molecule has 1 aromatic heterocycles. The lowest BCUT2D eigenvalue weighted by Crippen LogP contribution is -2.25. The third kappa shape index (κ3) is 3.81. The van der Waals surface area contributed by atoms with Crippen LogP contribution in [0.3, 0.4) is 0 Å². The maximum Gasteiger partial charge on any atom is 0.257 e. The summed E-state index contributed by atoms with van der Waals surface area (Å²) in [4.78, 5) is 29.6. The van der Waals surface area contributed by atoms with Crippen molar-refractivity contribution in [3.05, 3.63) is 65.4 Å². The Bertz CT molecular complexity index is 1070. The highest BCUT2D eigenvalue weighted by molar-refractivity contribution is 6.07. The van der Waals surface area contributed by atoms with Crippen LogP contribution in [0.4, 0.5) is 5.69 Å². The van der Waals surface area contributed by atoms with Gasteiger partial charge in [-0.05, 0) is 62.2 Å². The van der Waals surface area contributed by atoms with E-state index >= 15 is 0 Å². The molecule has 2 aromatic carbocycles. The lowest BCUT2D eigenvalue weighted by atomic mass is 10.1. The monoisotopic (exact) mass is 375 g/mol. The average Bonchev–Trinajstić information content (AvgIpc) is 3.51. The Balaban J connectivity index is 1.57. The fourth-order valence-electron chi connectivity index (χ4n) is 3.04. The Hall–Kier alpha value is -3.41. The molecule has 1 aliphatic rings. The molecule has 4 rings (SSSR count). The summed E-state index contributed by atoms with van der Waals surface area (Å²) in [5.74, 6) is 0.322. The van der Waals surface area contributed by atoms with Gasteiger partial charge in [0.25, 0.3) is 11.8 Å². The van der Waals surface area contributed by atoms with Crippen LogP contribution in [0, 0.1) is 6.92 Å². The van der Waals surface area contributed by atoms with Crippen LogP contribution < -0.4 is 15.4 Å². The van der Waals surface area contributed by atoms with Crippen LogP contribution in [0.2, 0.25) is 0 Å². The van der Waals surface area contributed by atoms with E-state index in [4.69, 9.17) is 4.74 Å². The van der Waals surface area contributed by atoms with E-state index in [2.05, 4.69) is 15.6 Å². The molecular weight excluding hydrogens is 354 g/mol. The number of nitrogens with zero attached hydrogens (tertiary/aromatic N) is 1. The average molecular weight is 375 g/mol. The number of rotatable bonds is 5. The van der Waals surface area contributed by atoms with Crippen molar-refractivity contribution < 1.29 is 14.3 Å². The van der Waals surface area contributed by atoms with Gasteiger partial charge in [-0.3, -0.25) is 14.6 Å². The number of benzene rings is 2. The van der Waals surface area contributed by atoms with Crippen molar-refractivity contribution in [3.63, 3.8) is 0 Å². The van der Waals surface area contributed by atoms with Gasteiger partial charge in [-0.15, -0.1) is 0 Å².